The Morgan fingerprint density at radius 1 is 0.800 bits per heavy atom. The van der Waals surface area contributed by atoms with Gasteiger partial charge in [0, 0.05) is 33.0 Å². The smallest absolute Gasteiger partial charge is 0.369 e. The lowest BCUT2D eigenvalue weighted by Gasteiger charge is -2.26. The van der Waals surface area contributed by atoms with Crippen molar-refractivity contribution in [1.82, 2.24) is 0 Å². The van der Waals surface area contributed by atoms with E-state index in [9.17, 15) is 0 Å². The van der Waals surface area contributed by atoms with Gasteiger partial charge in [-0.2, -0.15) is 10.2 Å². The molecular weight excluding hydrogens is 330 g/mol. The van der Waals surface area contributed by atoms with E-state index in [1.54, 1.807) is 0 Å². The molecule has 134 valence electrons. The lowest BCUT2D eigenvalue weighted by Crippen LogP contribution is -2.51. The standard InChI is InChI=1S/C19H27N3O2Si/c1-6-23-25(5,24-7-2)19-14-10-17(11-15-19)21-20-16-8-12-18(13-9-16)22(3)4/h8-15H,6-7H2,1-5H3/b21-20+. The molecule has 0 fully saturated rings. The normalized spacial score (nSPS) is 11.9. The van der Waals surface area contributed by atoms with Gasteiger partial charge in [0.2, 0.25) is 0 Å². The van der Waals surface area contributed by atoms with E-state index in [0.717, 1.165) is 22.2 Å². The number of benzene rings is 2. The highest BCUT2D eigenvalue weighted by molar-refractivity contribution is 6.79. The Balaban J connectivity index is 2.11. The van der Waals surface area contributed by atoms with Gasteiger partial charge in [-0.15, -0.1) is 0 Å². The maximum atomic E-state index is 5.91. The molecule has 2 rings (SSSR count). The van der Waals surface area contributed by atoms with Crippen LogP contribution in [0.4, 0.5) is 17.1 Å². The van der Waals surface area contributed by atoms with E-state index in [0.29, 0.717) is 13.2 Å². The summed E-state index contributed by atoms with van der Waals surface area (Å²) >= 11 is 0. The Bertz CT molecular complexity index is 679. The Morgan fingerprint density at radius 2 is 1.24 bits per heavy atom. The molecule has 5 nitrogen and oxygen atoms in total. The number of hydrogen-bond acceptors (Lipinski definition) is 5. The van der Waals surface area contributed by atoms with Crippen molar-refractivity contribution in [3.63, 3.8) is 0 Å². The molecule has 0 radical (unpaired) electrons. The van der Waals surface area contributed by atoms with Crippen molar-refractivity contribution in [3.05, 3.63) is 48.5 Å². The fourth-order valence-electron chi connectivity index (χ4n) is 2.52. The molecule has 0 aliphatic heterocycles. The molecule has 2 aromatic rings. The zero-order valence-electron chi connectivity index (χ0n) is 15.7. The van der Waals surface area contributed by atoms with E-state index in [1.807, 2.05) is 76.5 Å². The minimum Gasteiger partial charge on any atom is -0.391 e. The SMILES string of the molecule is CCO[Si](C)(OCC)c1ccc(/N=N/c2ccc(N(C)C)cc2)cc1. The zero-order valence-corrected chi connectivity index (χ0v) is 16.7. The molecule has 0 heterocycles. The van der Waals surface area contributed by atoms with E-state index < -0.39 is 8.56 Å². The number of nitrogens with zero attached hydrogens (tertiary/aromatic N) is 3. The van der Waals surface area contributed by atoms with Gasteiger partial charge >= 0.3 is 8.56 Å². The van der Waals surface area contributed by atoms with Crippen molar-refractivity contribution < 1.29 is 8.85 Å². The third kappa shape index (κ3) is 5.22. The first-order chi connectivity index (χ1) is 12.0. The molecule has 0 N–H and O–H groups in total. The average molecular weight is 358 g/mol. The van der Waals surface area contributed by atoms with Crippen LogP contribution >= 0.6 is 0 Å². The topological polar surface area (TPSA) is 46.4 Å². The molecule has 0 saturated carbocycles. The van der Waals surface area contributed by atoms with Gasteiger partial charge in [-0.1, -0.05) is 12.1 Å². The second-order valence-corrected chi connectivity index (χ2v) is 9.02. The minimum atomic E-state index is -2.33. The van der Waals surface area contributed by atoms with E-state index in [-0.39, 0.29) is 0 Å². The van der Waals surface area contributed by atoms with Gasteiger partial charge < -0.3 is 13.8 Å². The van der Waals surface area contributed by atoms with E-state index in [2.05, 4.69) is 21.7 Å². The van der Waals surface area contributed by atoms with Crippen molar-refractivity contribution in [3.8, 4) is 0 Å². The highest BCUT2D eigenvalue weighted by Crippen LogP contribution is 2.21. The highest BCUT2D eigenvalue weighted by Gasteiger charge is 2.33. The van der Waals surface area contributed by atoms with Crippen molar-refractivity contribution in [1.29, 1.82) is 0 Å². The van der Waals surface area contributed by atoms with E-state index in [4.69, 9.17) is 8.85 Å². The Morgan fingerprint density at radius 3 is 1.64 bits per heavy atom. The summed E-state index contributed by atoms with van der Waals surface area (Å²) in [4.78, 5) is 2.05. The Kier molecular flexibility index (Phi) is 6.87. The van der Waals surface area contributed by atoms with Crippen LogP contribution in [0.25, 0.3) is 0 Å². The van der Waals surface area contributed by atoms with Crippen molar-refractivity contribution in [2.75, 3.05) is 32.2 Å². The van der Waals surface area contributed by atoms with Crippen LogP contribution in [0.15, 0.2) is 58.8 Å². The van der Waals surface area contributed by atoms with Crippen LogP contribution in [0.2, 0.25) is 6.55 Å². The monoisotopic (exact) mass is 357 g/mol. The molecular formula is C19H27N3O2Si. The van der Waals surface area contributed by atoms with Crippen molar-refractivity contribution in [2.24, 2.45) is 10.2 Å². The summed E-state index contributed by atoms with van der Waals surface area (Å²) in [6.45, 7) is 7.35. The number of rotatable bonds is 8. The van der Waals surface area contributed by atoms with Crippen LogP contribution in [0.1, 0.15) is 13.8 Å². The first-order valence-electron chi connectivity index (χ1n) is 8.56. The van der Waals surface area contributed by atoms with Gasteiger partial charge in [-0.05, 0) is 62.0 Å². The molecule has 25 heavy (non-hydrogen) atoms. The van der Waals surface area contributed by atoms with Crippen LogP contribution in [0.5, 0.6) is 0 Å². The van der Waals surface area contributed by atoms with Crippen LogP contribution < -0.4 is 10.1 Å². The lowest BCUT2D eigenvalue weighted by atomic mass is 10.3. The zero-order chi connectivity index (χ0) is 18.3. The van der Waals surface area contributed by atoms with Gasteiger partial charge in [0.1, 0.15) is 0 Å². The summed E-state index contributed by atoms with van der Waals surface area (Å²) in [5, 5.41) is 9.71. The van der Waals surface area contributed by atoms with Crippen molar-refractivity contribution in [2.45, 2.75) is 20.4 Å². The molecule has 0 bridgehead atoms. The van der Waals surface area contributed by atoms with Crippen molar-refractivity contribution >= 4 is 30.8 Å². The molecule has 0 aliphatic carbocycles. The third-order valence-corrected chi connectivity index (χ3v) is 6.94. The van der Waals surface area contributed by atoms with Gasteiger partial charge in [0.15, 0.2) is 0 Å². The Labute approximate surface area is 151 Å². The predicted molar refractivity (Wildman–Crippen MR) is 106 cm³/mol. The quantitative estimate of drug-likeness (QED) is 0.515. The fraction of sp³-hybridized carbons (Fsp3) is 0.368. The van der Waals surface area contributed by atoms with Gasteiger partial charge in [0.05, 0.1) is 11.4 Å². The summed E-state index contributed by atoms with van der Waals surface area (Å²) in [6.07, 6.45) is 0. The minimum absolute atomic E-state index is 0.646. The predicted octanol–water partition coefficient (Wildman–Crippen LogP) is 4.52. The maximum Gasteiger partial charge on any atom is 0.369 e. The molecule has 0 unspecified atom stereocenters. The fourth-order valence-corrected chi connectivity index (χ4v) is 4.81. The first-order valence-corrected chi connectivity index (χ1v) is 10.9. The van der Waals surface area contributed by atoms with E-state index in [1.165, 1.54) is 0 Å². The highest BCUT2D eigenvalue weighted by atomic mass is 28.4. The maximum absolute atomic E-state index is 5.91. The van der Waals surface area contributed by atoms with Crippen LogP contribution in [0, 0.1) is 0 Å². The summed E-state index contributed by atoms with van der Waals surface area (Å²) in [7, 11) is 1.70. The van der Waals surface area contributed by atoms with E-state index >= 15 is 0 Å². The number of hydrogen-bond donors (Lipinski definition) is 0. The molecule has 0 aromatic heterocycles. The molecule has 0 atom stereocenters. The largest absolute Gasteiger partial charge is 0.391 e. The molecule has 0 spiro atoms. The summed E-state index contributed by atoms with van der Waals surface area (Å²) < 4.78 is 11.8. The molecule has 6 heteroatoms. The third-order valence-electron chi connectivity index (χ3n) is 3.88. The summed E-state index contributed by atoms with van der Waals surface area (Å²) in [5.41, 5.74) is 2.78. The van der Waals surface area contributed by atoms with Crippen LogP contribution in [-0.2, 0) is 8.85 Å². The summed E-state index contributed by atoms with van der Waals surface area (Å²) in [6, 6.07) is 15.9. The first kappa shape index (κ1) is 19.3. The molecule has 0 aliphatic rings. The van der Waals surface area contributed by atoms with Gasteiger partial charge in [-0.25, -0.2) is 0 Å². The second-order valence-electron chi connectivity index (χ2n) is 5.97. The lowest BCUT2D eigenvalue weighted by molar-refractivity contribution is 0.202. The average Bonchev–Trinajstić information content (AvgIpc) is 2.61. The number of anilines is 1. The van der Waals surface area contributed by atoms with Crippen LogP contribution in [-0.4, -0.2) is 35.9 Å². The second kappa shape index (κ2) is 8.89. The van der Waals surface area contributed by atoms with Crippen LogP contribution in [0.3, 0.4) is 0 Å². The summed E-state index contributed by atoms with van der Waals surface area (Å²) in [5.74, 6) is 0. The number of azo groups is 1. The Hall–Kier alpha value is -2.02. The molecule has 0 amide bonds. The molecule has 0 saturated heterocycles. The van der Waals surface area contributed by atoms with Gasteiger partial charge in [0.25, 0.3) is 0 Å². The van der Waals surface area contributed by atoms with Gasteiger partial charge in [-0.3, -0.25) is 0 Å². The molecule has 2 aromatic carbocycles.